The van der Waals surface area contributed by atoms with Gasteiger partial charge in [0.25, 0.3) is 0 Å². The topological polar surface area (TPSA) is 94.2 Å². The van der Waals surface area contributed by atoms with Gasteiger partial charge in [-0.1, -0.05) is 12.1 Å². The summed E-state index contributed by atoms with van der Waals surface area (Å²) in [6.45, 7) is 4.29. The number of carbonyl (C=O) groups is 3. The normalized spacial score (nSPS) is 16.8. The van der Waals surface area contributed by atoms with Crippen LogP contribution in [0.25, 0.3) is 0 Å². The number of methoxy groups -OCH3 is 2. The van der Waals surface area contributed by atoms with Gasteiger partial charge in [-0.25, -0.2) is 14.4 Å². The van der Waals surface area contributed by atoms with Crippen LogP contribution in [0.15, 0.2) is 35.5 Å². The first-order valence-corrected chi connectivity index (χ1v) is 8.57. The van der Waals surface area contributed by atoms with E-state index in [0.29, 0.717) is 35.5 Å². The maximum Gasteiger partial charge on any atom is 0.338 e. The molecule has 1 atom stereocenters. The monoisotopic (exact) mass is 376 g/mol. The Hall–Kier alpha value is -2.87. The molecule has 0 saturated carbocycles. The molecule has 1 N–H and O–H groups in total. The van der Waals surface area contributed by atoms with Crippen molar-refractivity contribution in [1.82, 2.24) is 10.2 Å². The number of nitrogens with one attached hydrogen (secondary N) is 1. The number of allylic oxidation sites excluding steroid dienone is 1. The van der Waals surface area contributed by atoms with Crippen LogP contribution in [0.1, 0.15) is 35.8 Å². The summed E-state index contributed by atoms with van der Waals surface area (Å²) in [5, 5.41) is 2.83. The molecule has 0 bridgehead atoms. The molecule has 2 rings (SSSR count). The second kappa shape index (κ2) is 9.18. The van der Waals surface area contributed by atoms with E-state index in [1.165, 1.54) is 12.0 Å². The first-order chi connectivity index (χ1) is 12.9. The van der Waals surface area contributed by atoms with Crippen LogP contribution in [-0.4, -0.2) is 56.8 Å². The molecule has 1 unspecified atom stereocenters. The third-order valence-corrected chi connectivity index (χ3v) is 4.28. The highest BCUT2D eigenvalue weighted by Crippen LogP contribution is 2.31. The lowest BCUT2D eigenvalue weighted by Gasteiger charge is -2.35. The highest BCUT2D eigenvalue weighted by atomic mass is 16.5. The van der Waals surface area contributed by atoms with Gasteiger partial charge in [0.1, 0.15) is 0 Å². The molecular formula is C19H24N2O6. The van der Waals surface area contributed by atoms with Crippen LogP contribution >= 0.6 is 0 Å². The molecule has 0 saturated heterocycles. The Morgan fingerprint density at radius 3 is 2.37 bits per heavy atom. The molecule has 2 amide bonds. The molecule has 1 aromatic carbocycles. The maximum absolute atomic E-state index is 12.6. The molecule has 27 heavy (non-hydrogen) atoms. The Morgan fingerprint density at radius 1 is 1.15 bits per heavy atom. The van der Waals surface area contributed by atoms with Crippen LogP contribution < -0.4 is 5.32 Å². The lowest BCUT2D eigenvalue weighted by molar-refractivity contribution is -0.139. The third-order valence-electron chi connectivity index (χ3n) is 4.28. The van der Waals surface area contributed by atoms with E-state index < -0.39 is 18.0 Å². The van der Waals surface area contributed by atoms with Gasteiger partial charge in [0.15, 0.2) is 0 Å². The van der Waals surface area contributed by atoms with Gasteiger partial charge in [-0.05, 0) is 31.5 Å². The zero-order chi connectivity index (χ0) is 20.0. The van der Waals surface area contributed by atoms with Crippen LogP contribution in [-0.2, 0) is 19.0 Å². The van der Waals surface area contributed by atoms with Crippen molar-refractivity contribution in [3.63, 3.8) is 0 Å². The molecule has 0 radical (unpaired) electrons. The third kappa shape index (κ3) is 4.46. The molecular weight excluding hydrogens is 352 g/mol. The van der Waals surface area contributed by atoms with Crippen LogP contribution in [0.3, 0.4) is 0 Å². The van der Waals surface area contributed by atoms with E-state index in [4.69, 9.17) is 9.47 Å². The fraction of sp³-hybridized carbons (Fsp3) is 0.421. The minimum absolute atomic E-state index is 0.218. The number of ether oxygens (including phenoxy) is 3. The van der Waals surface area contributed by atoms with Crippen molar-refractivity contribution in [2.24, 2.45) is 0 Å². The molecule has 1 heterocycles. The Bertz CT molecular complexity index is 741. The van der Waals surface area contributed by atoms with Gasteiger partial charge in [-0.2, -0.15) is 0 Å². The Balaban J connectivity index is 2.43. The summed E-state index contributed by atoms with van der Waals surface area (Å²) in [5.74, 6) is -0.961. The van der Waals surface area contributed by atoms with Gasteiger partial charge < -0.3 is 19.5 Å². The molecule has 8 heteroatoms. The predicted octanol–water partition coefficient (Wildman–Crippen LogP) is 2.02. The van der Waals surface area contributed by atoms with Gasteiger partial charge in [-0.3, -0.25) is 4.90 Å². The largest absolute Gasteiger partial charge is 0.465 e. The van der Waals surface area contributed by atoms with Crippen LogP contribution in [0.4, 0.5) is 4.79 Å². The van der Waals surface area contributed by atoms with E-state index in [1.54, 1.807) is 45.2 Å². The number of benzene rings is 1. The fourth-order valence-corrected chi connectivity index (χ4v) is 2.89. The number of hydrogen-bond acceptors (Lipinski definition) is 6. The molecule has 1 aliphatic rings. The Kier molecular flexibility index (Phi) is 6.95. The molecule has 0 aliphatic carbocycles. The van der Waals surface area contributed by atoms with E-state index in [-0.39, 0.29) is 12.6 Å². The van der Waals surface area contributed by atoms with Gasteiger partial charge >= 0.3 is 18.0 Å². The number of nitrogens with zero attached hydrogens (tertiary/aromatic N) is 1. The minimum atomic E-state index is -0.679. The lowest BCUT2D eigenvalue weighted by Crippen LogP contribution is -2.49. The summed E-state index contributed by atoms with van der Waals surface area (Å²) < 4.78 is 14.9. The highest BCUT2D eigenvalue weighted by molar-refractivity contribution is 5.95. The molecule has 0 fully saturated rings. The average molecular weight is 376 g/mol. The minimum Gasteiger partial charge on any atom is -0.465 e. The van der Waals surface area contributed by atoms with Gasteiger partial charge in [-0.15, -0.1) is 0 Å². The van der Waals surface area contributed by atoms with Crippen molar-refractivity contribution < 1.29 is 28.6 Å². The van der Waals surface area contributed by atoms with Crippen molar-refractivity contribution in [3.05, 3.63) is 46.7 Å². The summed E-state index contributed by atoms with van der Waals surface area (Å²) >= 11 is 0. The SMILES string of the molecule is CCOC(=O)C1=C(C)N(CCOC)C(=O)NC1c1ccc(C(=O)OC)cc1. The summed E-state index contributed by atoms with van der Waals surface area (Å²) in [6, 6.07) is 5.51. The van der Waals surface area contributed by atoms with E-state index in [2.05, 4.69) is 10.1 Å². The number of urea groups is 1. The zero-order valence-electron chi connectivity index (χ0n) is 15.9. The fourth-order valence-electron chi connectivity index (χ4n) is 2.89. The smallest absolute Gasteiger partial charge is 0.338 e. The van der Waals surface area contributed by atoms with Gasteiger partial charge in [0, 0.05) is 12.8 Å². The molecule has 146 valence electrons. The average Bonchev–Trinajstić information content (AvgIpc) is 2.67. The van der Waals surface area contributed by atoms with Crippen LogP contribution in [0.5, 0.6) is 0 Å². The van der Waals surface area contributed by atoms with E-state index in [9.17, 15) is 14.4 Å². The second-order valence-corrected chi connectivity index (χ2v) is 5.86. The Morgan fingerprint density at radius 2 is 1.81 bits per heavy atom. The van der Waals surface area contributed by atoms with Crippen molar-refractivity contribution >= 4 is 18.0 Å². The summed E-state index contributed by atoms with van der Waals surface area (Å²) in [5.41, 5.74) is 1.89. The van der Waals surface area contributed by atoms with Crippen LogP contribution in [0.2, 0.25) is 0 Å². The Labute approximate surface area is 158 Å². The number of rotatable bonds is 7. The lowest BCUT2D eigenvalue weighted by atomic mass is 9.94. The summed E-state index contributed by atoms with van der Waals surface area (Å²) in [7, 11) is 2.84. The molecule has 0 spiro atoms. The molecule has 0 aromatic heterocycles. The number of hydrogen-bond donors (Lipinski definition) is 1. The first kappa shape index (κ1) is 20.4. The number of esters is 2. The second-order valence-electron chi connectivity index (χ2n) is 5.86. The van der Waals surface area contributed by atoms with Crippen molar-refractivity contribution in [1.29, 1.82) is 0 Å². The predicted molar refractivity (Wildman–Crippen MR) is 97.0 cm³/mol. The van der Waals surface area contributed by atoms with Gasteiger partial charge in [0.2, 0.25) is 0 Å². The molecule has 1 aromatic rings. The summed E-state index contributed by atoms with van der Waals surface area (Å²) in [6.07, 6.45) is 0. The number of carbonyl (C=O) groups excluding carboxylic acids is 3. The van der Waals surface area contributed by atoms with Crippen molar-refractivity contribution in [2.75, 3.05) is 34.0 Å². The maximum atomic E-state index is 12.6. The van der Waals surface area contributed by atoms with E-state index in [0.717, 1.165) is 0 Å². The van der Waals surface area contributed by atoms with Crippen molar-refractivity contribution in [3.8, 4) is 0 Å². The van der Waals surface area contributed by atoms with Crippen LogP contribution in [0, 0.1) is 0 Å². The molecule has 1 aliphatic heterocycles. The first-order valence-electron chi connectivity index (χ1n) is 8.57. The molecule has 8 nitrogen and oxygen atoms in total. The van der Waals surface area contributed by atoms with Crippen molar-refractivity contribution in [2.45, 2.75) is 19.9 Å². The quantitative estimate of drug-likeness (QED) is 0.732. The number of amides is 2. The summed E-state index contributed by atoms with van der Waals surface area (Å²) in [4.78, 5) is 38.2. The zero-order valence-corrected chi connectivity index (χ0v) is 15.9. The standard InChI is InChI=1S/C19H24N2O6/c1-5-27-18(23)15-12(2)21(10-11-25-3)19(24)20-16(15)13-6-8-14(9-7-13)17(22)26-4/h6-9,16H,5,10-11H2,1-4H3,(H,20,24). The van der Waals surface area contributed by atoms with E-state index >= 15 is 0 Å². The highest BCUT2D eigenvalue weighted by Gasteiger charge is 2.36. The van der Waals surface area contributed by atoms with E-state index in [1.807, 2.05) is 0 Å². The van der Waals surface area contributed by atoms with Gasteiger partial charge in [0.05, 0.1) is 44.0 Å².